The minimum atomic E-state index is -3.80. The maximum absolute atomic E-state index is 13.8. The van der Waals surface area contributed by atoms with Crippen molar-refractivity contribution in [3.8, 4) is 5.75 Å². The van der Waals surface area contributed by atoms with Gasteiger partial charge in [0.05, 0.1) is 28.4 Å². The minimum Gasteiger partial charge on any atom is -0.497 e. The summed E-state index contributed by atoms with van der Waals surface area (Å²) in [4.78, 5) is 18.2. The molecule has 0 N–H and O–H groups in total. The molecule has 1 amide bonds. The average molecular weight is 589 g/mol. The number of hydrogen-bond acceptors (Lipinski definition) is 7. The van der Waals surface area contributed by atoms with Crippen LogP contribution in [0.3, 0.4) is 0 Å². The molecule has 1 heterocycles. The molecule has 4 aromatic carbocycles. The lowest BCUT2D eigenvalue weighted by Crippen LogP contribution is -2.27. The third-order valence-electron chi connectivity index (χ3n) is 6.21. The molecule has 208 valence electrons. The van der Waals surface area contributed by atoms with E-state index >= 15 is 0 Å². The van der Waals surface area contributed by atoms with Crippen molar-refractivity contribution >= 4 is 48.8 Å². The van der Waals surface area contributed by atoms with Crippen molar-refractivity contribution in [2.45, 2.75) is 11.4 Å². The Labute approximate surface area is 241 Å². The number of carbonyl (C=O) groups is 1. The van der Waals surface area contributed by atoms with Crippen molar-refractivity contribution in [3.63, 3.8) is 0 Å². The first-order chi connectivity index (χ1) is 19.7. The van der Waals surface area contributed by atoms with Gasteiger partial charge in [-0.2, -0.15) is 14.4 Å². The van der Waals surface area contributed by atoms with Crippen molar-refractivity contribution in [1.29, 1.82) is 0 Å². The molecule has 0 radical (unpaired) electrons. The van der Waals surface area contributed by atoms with E-state index in [2.05, 4.69) is 10.1 Å². The third kappa shape index (κ3) is 6.32. The number of carbonyl (C=O) groups excluding carboxylic acids is 1. The number of amides is 1. The number of fused-ring (bicyclic) bond motifs is 1. The Bertz CT molecular complexity index is 1810. The van der Waals surface area contributed by atoms with Crippen LogP contribution >= 0.6 is 11.3 Å². The lowest BCUT2D eigenvalue weighted by Gasteiger charge is -2.18. The lowest BCUT2D eigenvalue weighted by atomic mass is 10.2. The Morgan fingerprint density at radius 1 is 1.00 bits per heavy atom. The zero-order valence-corrected chi connectivity index (χ0v) is 23.8. The third-order valence-corrected chi connectivity index (χ3v) is 9.02. The van der Waals surface area contributed by atoms with Gasteiger partial charge in [0.2, 0.25) is 15.2 Å². The zero-order chi connectivity index (χ0) is 29.0. The minimum absolute atomic E-state index is 0.0521. The topological polar surface area (TPSA) is 92.2 Å². The van der Waals surface area contributed by atoms with E-state index in [4.69, 9.17) is 4.74 Å². The first-order valence-electron chi connectivity index (χ1n) is 12.4. The molecular formula is C30H25FN4O4S2. The summed E-state index contributed by atoms with van der Waals surface area (Å²) < 4.78 is 47.1. The Morgan fingerprint density at radius 2 is 1.71 bits per heavy atom. The normalized spacial score (nSPS) is 11.8. The predicted molar refractivity (Wildman–Crippen MR) is 159 cm³/mol. The number of sulfonamides is 1. The van der Waals surface area contributed by atoms with E-state index in [1.165, 1.54) is 60.0 Å². The fourth-order valence-electron chi connectivity index (χ4n) is 3.98. The SMILES string of the molecule is COc1ccc(/C=N/N(C(=O)c2ccc(S(=O)(=O)N(C)Cc3ccccc3)cc2)c2nc3ccc(F)cc3s2)cc1. The molecule has 0 fully saturated rings. The Hall–Kier alpha value is -4.45. The molecule has 0 aliphatic rings. The van der Waals surface area contributed by atoms with Crippen molar-refractivity contribution in [1.82, 2.24) is 9.29 Å². The molecular weight excluding hydrogens is 563 g/mol. The van der Waals surface area contributed by atoms with Crippen LogP contribution in [0.15, 0.2) is 107 Å². The molecule has 0 unspecified atom stereocenters. The van der Waals surface area contributed by atoms with E-state index in [-0.39, 0.29) is 22.1 Å². The number of ether oxygens (including phenoxy) is 1. The van der Waals surface area contributed by atoms with Gasteiger partial charge in [0, 0.05) is 19.2 Å². The molecule has 11 heteroatoms. The highest BCUT2D eigenvalue weighted by molar-refractivity contribution is 7.89. The van der Waals surface area contributed by atoms with Crippen molar-refractivity contribution < 1.29 is 22.3 Å². The Kier molecular flexibility index (Phi) is 8.20. The highest BCUT2D eigenvalue weighted by atomic mass is 32.2. The highest BCUT2D eigenvalue weighted by Crippen LogP contribution is 2.31. The second-order valence-electron chi connectivity index (χ2n) is 9.01. The molecule has 0 atom stereocenters. The van der Waals surface area contributed by atoms with Gasteiger partial charge in [0.1, 0.15) is 11.6 Å². The standard InChI is InChI=1S/C30H25FN4O4S2/c1-34(20-22-6-4-3-5-7-22)41(37,38)26-15-10-23(11-16-26)29(36)35(32-19-21-8-13-25(39-2)14-9-21)30-33-27-17-12-24(31)18-28(27)40-30/h3-19H,20H2,1-2H3/b32-19+. The number of halogens is 1. The second kappa shape index (κ2) is 12.0. The van der Waals surface area contributed by atoms with E-state index in [9.17, 15) is 17.6 Å². The van der Waals surface area contributed by atoms with Gasteiger partial charge in [0.15, 0.2) is 0 Å². The molecule has 5 rings (SSSR count). The van der Waals surface area contributed by atoms with Gasteiger partial charge in [-0.05, 0) is 77.9 Å². The van der Waals surface area contributed by atoms with Crippen LogP contribution in [0.5, 0.6) is 5.75 Å². The Morgan fingerprint density at radius 3 is 2.39 bits per heavy atom. The lowest BCUT2D eigenvalue weighted by molar-refractivity contribution is 0.0987. The van der Waals surface area contributed by atoms with Crippen LogP contribution in [0.25, 0.3) is 10.2 Å². The molecule has 0 bridgehead atoms. The summed E-state index contributed by atoms with van der Waals surface area (Å²) in [7, 11) is -0.729. The van der Waals surface area contributed by atoms with Gasteiger partial charge < -0.3 is 4.74 Å². The van der Waals surface area contributed by atoms with Gasteiger partial charge in [-0.25, -0.2) is 17.8 Å². The monoisotopic (exact) mass is 588 g/mol. The van der Waals surface area contributed by atoms with Crippen LogP contribution in [0.1, 0.15) is 21.5 Å². The molecule has 0 spiro atoms. The van der Waals surface area contributed by atoms with E-state index < -0.39 is 21.7 Å². The number of rotatable bonds is 9. The number of hydrazone groups is 1. The summed E-state index contributed by atoms with van der Waals surface area (Å²) in [5, 5.41) is 5.76. The summed E-state index contributed by atoms with van der Waals surface area (Å²) in [6.45, 7) is 0.204. The molecule has 41 heavy (non-hydrogen) atoms. The van der Waals surface area contributed by atoms with Crippen LogP contribution in [0.2, 0.25) is 0 Å². The molecule has 5 aromatic rings. The molecule has 0 saturated heterocycles. The number of methoxy groups -OCH3 is 1. The first kappa shape index (κ1) is 28.1. The fourth-order valence-corrected chi connectivity index (χ4v) is 6.08. The van der Waals surface area contributed by atoms with Crippen molar-refractivity contribution in [2.24, 2.45) is 5.10 Å². The quantitative estimate of drug-likeness (QED) is 0.157. The number of aromatic nitrogens is 1. The fraction of sp³-hybridized carbons (Fsp3) is 0.100. The highest BCUT2D eigenvalue weighted by Gasteiger charge is 2.24. The first-order valence-corrected chi connectivity index (χ1v) is 14.7. The van der Waals surface area contributed by atoms with Crippen LogP contribution < -0.4 is 9.75 Å². The van der Waals surface area contributed by atoms with E-state index in [0.717, 1.165) is 21.9 Å². The van der Waals surface area contributed by atoms with E-state index in [1.807, 2.05) is 30.3 Å². The zero-order valence-electron chi connectivity index (χ0n) is 22.1. The number of nitrogens with zero attached hydrogens (tertiary/aromatic N) is 4. The van der Waals surface area contributed by atoms with E-state index in [1.54, 1.807) is 31.4 Å². The molecule has 0 aliphatic heterocycles. The van der Waals surface area contributed by atoms with Gasteiger partial charge in [-0.1, -0.05) is 41.7 Å². The van der Waals surface area contributed by atoms with Crippen molar-refractivity contribution in [3.05, 3.63) is 120 Å². The van der Waals surface area contributed by atoms with Gasteiger partial charge >= 0.3 is 0 Å². The summed E-state index contributed by atoms with van der Waals surface area (Å²) in [6.07, 6.45) is 1.50. The van der Waals surface area contributed by atoms with Gasteiger partial charge in [-0.3, -0.25) is 4.79 Å². The number of hydrogen-bond donors (Lipinski definition) is 0. The predicted octanol–water partition coefficient (Wildman–Crippen LogP) is 5.95. The number of thiazole rings is 1. The molecule has 0 saturated carbocycles. The molecule has 0 aliphatic carbocycles. The van der Waals surface area contributed by atoms with Crippen LogP contribution in [-0.4, -0.2) is 44.0 Å². The average Bonchev–Trinajstić information content (AvgIpc) is 3.40. The maximum atomic E-state index is 13.8. The largest absolute Gasteiger partial charge is 0.497 e. The van der Waals surface area contributed by atoms with Gasteiger partial charge in [-0.15, -0.1) is 0 Å². The van der Waals surface area contributed by atoms with Crippen LogP contribution in [0.4, 0.5) is 9.52 Å². The summed E-state index contributed by atoms with van der Waals surface area (Å²) >= 11 is 1.11. The van der Waals surface area contributed by atoms with Crippen LogP contribution in [-0.2, 0) is 16.6 Å². The second-order valence-corrected chi connectivity index (χ2v) is 12.1. The van der Waals surface area contributed by atoms with E-state index in [0.29, 0.717) is 21.5 Å². The number of anilines is 1. The molecule has 8 nitrogen and oxygen atoms in total. The maximum Gasteiger partial charge on any atom is 0.280 e. The van der Waals surface area contributed by atoms with Gasteiger partial charge in [0.25, 0.3) is 5.91 Å². The molecule has 1 aromatic heterocycles. The Balaban J connectivity index is 1.44. The summed E-state index contributed by atoms with van der Waals surface area (Å²) in [6, 6.07) is 26.2. The summed E-state index contributed by atoms with van der Waals surface area (Å²) in [5.74, 6) is -0.273. The summed E-state index contributed by atoms with van der Waals surface area (Å²) in [5.41, 5.74) is 2.28. The van der Waals surface area contributed by atoms with Crippen LogP contribution in [0, 0.1) is 5.82 Å². The van der Waals surface area contributed by atoms with Crippen molar-refractivity contribution in [2.75, 3.05) is 19.2 Å². The smallest absolute Gasteiger partial charge is 0.280 e. The number of benzene rings is 4.